The number of hydrogen-bond acceptors (Lipinski definition) is 2. The molecule has 0 amide bonds. The molecule has 0 aliphatic heterocycles. The van der Waals surface area contributed by atoms with Crippen LogP contribution >= 0.6 is 0 Å². The molecule has 0 saturated carbocycles. The van der Waals surface area contributed by atoms with E-state index in [1.165, 1.54) is 36.4 Å². The molecule has 1 aliphatic carbocycles. The van der Waals surface area contributed by atoms with E-state index in [1.807, 2.05) is 0 Å². The number of ketones is 1. The highest BCUT2D eigenvalue weighted by atomic mass is 19.1. The Hall–Kier alpha value is -1.48. The third-order valence-corrected chi connectivity index (χ3v) is 2.66. The summed E-state index contributed by atoms with van der Waals surface area (Å²) in [6.45, 7) is 1.57. The summed E-state index contributed by atoms with van der Waals surface area (Å²) in [6, 6.07) is 5.63. The van der Waals surface area contributed by atoms with Gasteiger partial charge in [0.1, 0.15) is 5.82 Å². The van der Waals surface area contributed by atoms with Crippen molar-refractivity contribution in [3.63, 3.8) is 0 Å². The average Bonchev–Trinajstić information content (AvgIpc) is 2.43. The van der Waals surface area contributed by atoms with Crippen LogP contribution in [0, 0.1) is 5.82 Å². The van der Waals surface area contributed by atoms with Crippen LogP contribution in [0.15, 0.2) is 36.4 Å². The molecular formula is C12H11FO2. The van der Waals surface area contributed by atoms with Gasteiger partial charge in [0.15, 0.2) is 5.78 Å². The minimum absolute atomic E-state index is 0.147. The summed E-state index contributed by atoms with van der Waals surface area (Å²) in [5.41, 5.74) is -0.536. The van der Waals surface area contributed by atoms with Gasteiger partial charge in [-0.3, -0.25) is 4.79 Å². The number of halogens is 1. The second-order valence-electron chi connectivity index (χ2n) is 3.95. The van der Waals surface area contributed by atoms with Crippen molar-refractivity contribution in [1.82, 2.24) is 0 Å². The van der Waals surface area contributed by atoms with Gasteiger partial charge in [0, 0.05) is 0 Å². The lowest BCUT2D eigenvalue weighted by Gasteiger charge is -2.23. The molecule has 2 unspecified atom stereocenters. The second-order valence-corrected chi connectivity index (χ2v) is 3.95. The average molecular weight is 206 g/mol. The molecule has 0 aromatic heterocycles. The molecule has 0 fully saturated rings. The first-order valence-corrected chi connectivity index (χ1v) is 4.71. The molecule has 2 rings (SSSR count). The van der Waals surface area contributed by atoms with Crippen molar-refractivity contribution in [1.29, 1.82) is 0 Å². The Balaban J connectivity index is 2.39. The Morgan fingerprint density at radius 3 is 2.40 bits per heavy atom. The molecule has 0 bridgehead atoms. The van der Waals surface area contributed by atoms with Gasteiger partial charge >= 0.3 is 0 Å². The lowest BCUT2D eigenvalue weighted by molar-refractivity contribution is -0.118. The predicted molar refractivity (Wildman–Crippen MR) is 53.9 cm³/mol. The fourth-order valence-electron chi connectivity index (χ4n) is 1.89. The Morgan fingerprint density at radius 1 is 1.33 bits per heavy atom. The van der Waals surface area contributed by atoms with Crippen LogP contribution in [0.5, 0.6) is 0 Å². The highest BCUT2D eigenvalue weighted by Gasteiger charge is 2.39. The van der Waals surface area contributed by atoms with E-state index in [1.54, 1.807) is 6.92 Å². The van der Waals surface area contributed by atoms with Crippen molar-refractivity contribution < 1.29 is 14.3 Å². The lowest BCUT2D eigenvalue weighted by Crippen LogP contribution is -2.30. The molecule has 78 valence electrons. The van der Waals surface area contributed by atoms with Crippen molar-refractivity contribution in [2.24, 2.45) is 0 Å². The van der Waals surface area contributed by atoms with E-state index in [9.17, 15) is 14.3 Å². The number of carbonyl (C=O) groups excluding carboxylic acids is 1. The van der Waals surface area contributed by atoms with Crippen molar-refractivity contribution in [3.05, 3.63) is 47.8 Å². The minimum Gasteiger partial charge on any atom is -0.385 e. The van der Waals surface area contributed by atoms with Crippen LogP contribution in [0.1, 0.15) is 18.4 Å². The molecule has 0 spiro atoms. The van der Waals surface area contributed by atoms with Gasteiger partial charge in [0.25, 0.3) is 0 Å². The standard InChI is InChI=1S/C12H11FO2/c1-12(15)7-6-10(14)11(12)8-2-4-9(13)5-3-8/h2-7,11,15H,1H3. The molecule has 2 nitrogen and oxygen atoms in total. The summed E-state index contributed by atoms with van der Waals surface area (Å²) in [7, 11) is 0. The molecule has 1 aliphatic rings. The minimum atomic E-state index is -1.17. The smallest absolute Gasteiger partial charge is 0.166 e. The Bertz CT molecular complexity index is 418. The topological polar surface area (TPSA) is 37.3 Å². The van der Waals surface area contributed by atoms with Crippen LogP contribution in [-0.4, -0.2) is 16.5 Å². The normalized spacial score (nSPS) is 29.8. The van der Waals surface area contributed by atoms with Crippen LogP contribution in [0.3, 0.4) is 0 Å². The van der Waals surface area contributed by atoms with Crippen LogP contribution in [0.25, 0.3) is 0 Å². The van der Waals surface area contributed by atoms with Crippen molar-refractivity contribution in [2.45, 2.75) is 18.4 Å². The first-order chi connectivity index (χ1) is 7.00. The molecule has 3 heteroatoms. The Morgan fingerprint density at radius 2 is 1.93 bits per heavy atom. The quantitative estimate of drug-likeness (QED) is 0.760. The van der Waals surface area contributed by atoms with E-state index in [0.717, 1.165) is 0 Å². The molecule has 0 heterocycles. The molecule has 2 atom stereocenters. The Labute approximate surface area is 87.0 Å². The van der Waals surface area contributed by atoms with Crippen molar-refractivity contribution >= 4 is 5.78 Å². The molecular weight excluding hydrogens is 195 g/mol. The second kappa shape index (κ2) is 3.28. The van der Waals surface area contributed by atoms with Gasteiger partial charge in [-0.05, 0) is 36.8 Å². The van der Waals surface area contributed by atoms with E-state index in [2.05, 4.69) is 0 Å². The Kier molecular flexibility index (Phi) is 2.20. The first kappa shape index (κ1) is 10.1. The molecule has 1 N–H and O–H groups in total. The lowest BCUT2D eigenvalue weighted by atomic mass is 9.85. The molecule has 1 aromatic carbocycles. The zero-order valence-electron chi connectivity index (χ0n) is 8.27. The van der Waals surface area contributed by atoms with Gasteiger partial charge in [-0.25, -0.2) is 4.39 Å². The SMILES string of the molecule is CC1(O)C=CC(=O)C1c1ccc(F)cc1. The van der Waals surface area contributed by atoms with E-state index in [4.69, 9.17) is 0 Å². The van der Waals surface area contributed by atoms with E-state index < -0.39 is 11.5 Å². The van der Waals surface area contributed by atoms with Gasteiger partial charge < -0.3 is 5.11 Å². The van der Waals surface area contributed by atoms with E-state index in [-0.39, 0.29) is 11.6 Å². The largest absolute Gasteiger partial charge is 0.385 e. The highest BCUT2D eigenvalue weighted by molar-refractivity contribution is 5.99. The van der Waals surface area contributed by atoms with Gasteiger partial charge in [0.2, 0.25) is 0 Å². The predicted octanol–water partition coefficient (Wildman–Crippen LogP) is 1.80. The molecule has 0 saturated heterocycles. The zero-order chi connectivity index (χ0) is 11.1. The van der Waals surface area contributed by atoms with Crippen LogP contribution in [-0.2, 0) is 4.79 Å². The number of benzene rings is 1. The van der Waals surface area contributed by atoms with Crippen LogP contribution < -0.4 is 0 Å². The molecule has 15 heavy (non-hydrogen) atoms. The number of allylic oxidation sites excluding steroid dienone is 1. The van der Waals surface area contributed by atoms with Gasteiger partial charge in [-0.15, -0.1) is 0 Å². The fraction of sp³-hybridized carbons (Fsp3) is 0.250. The van der Waals surface area contributed by atoms with Crippen LogP contribution in [0.4, 0.5) is 4.39 Å². The molecule has 1 aromatic rings. The molecule has 0 radical (unpaired) electrons. The third kappa shape index (κ3) is 1.70. The van der Waals surface area contributed by atoms with E-state index in [0.29, 0.717) is 5.56 Å². The number of aliphatic hydroxyl groups is 1. The summed E-state index contributed by atoms with van der Waals surface area (Å²) in [6.07, 6.45) is 2.84. The fourth-order valence-corrected chi connectivity index (χ4v) is 1.89. The zero-order valence-corrected chi connectivity index (χ0v) is 8.27. The first-order valence-electron chi connectivity index (χ1n) is 4.71. The number of carbonyl (C=O) groups is 1. The van der Waals surface area contributed by atoms with Crippen molar-refractivity contribution in [3.8, 4) is 0 Å². The summed E-state index contributed by atoms with van der Waals surface area (Å²) >= 11 is 0. The maximum atomic E-state index is 12.7. The van der Waals surface area contributed by atoms with Crippen LogP contribution in [0.2, 0.25) is 0 Å². The maximum Gasteiger partial charge on any atom is 0.166 e. The highest BCUT2D eigenvalue weighted by Crippen LogP contribution is 2.35. The summed E-state index contributed by atoms with van der Waals surface area (Å²) < 4.78 is 12.7. The summed E-state index contributed by atoms with van der Waals surface area (Å²) in [5.74, 6) is -1.11. The number of hydrogen-bond donors (Lipinski definition) is 1. The van der Waals surface area contributed by atoms with E-state index >= 15 is 0 Å². The van der Waals surface area contributed by atoms with Gasteiger partial charge in [-0.2, -0.15) is 0 Å². The van der Waals surface area contributed by atoms with Crippen molar-refractivity contribution in [2.75, 3.05) is 0 Å². The van der Waals surface area contributed by atoms with Gasteiger partial charge in [0.05, 0.1) is 11.5 Å². The number of rotatable bonds is 1. The summed E-state index contributed by atoms with van der Waals surface area (Å²) in [4.78, 5) is 11.5. The third-order valence-electron chi connectivity index (χ3n) is 2.66. The maximum absolute atomic E-state index is 12.7. The monoisotopic (exact) mass is 206 g/mol. The van der Waals surface area contributed by atoms with Gasteiger partial charge in [-0.1, -0.05) is 12.1 Å². The summed E-state index contributed by atoms with van der Waals surface area (Å²) in [5, 5.41) is 9.95.